The number of rotatable bonds is 4. The van der Waals surface area contributed by atoms with E-state index >= 15 is 0 Å². The van der Waals surface area contributed by atoms with Gasteiger partial charge in [-0.25, -0.2) is 4.98 Å². The Balaban J connectivity index is 1.80. The van der Waals surface area contributed by atoms with Gasteiger partial charge in [0.2, 0.25) is 0 Å². The molecule has 1 atom stereocenters. The predicted molar refractivity (Wildman–Crippen MR) is 70.7 cm³/mol. The molecule has 2 rings (SSSR count). The third-order valence-corrected chi connectivity index (χ3v) is 4.11. The van der Waals surface area contributed by atoms with Crippen molar-refractivity contribution in [1.29, 1.82) is 0 Å². The lowest BCUT2D eigenvalue weighted by molar-refractivity contribution is 0.333. The summed E-state index contributed by atoms with van der Waals surface area (Å²) < 4.78 is 2.09. The highest BCUT2D eigenvalue weighted by Crippen LogP contribution is 2.25. The van der Waals surface area contributed by atoms with Gasteiger partial charge in [0.1, 0.15) is 5.82 Å². The van der Waals surface area contributed by atoms with Crippen molar-refractivity contribution in [3.8, 4) is 0 Å². The maximum atomic E-state index is 4.35. The van der Waals surface area contributed by atoms with Crippen molar-refractivity contribution in [1.82, 2.24) is 14.9 Å². The Morgan fingerprint density at radius 3 is 2.65 bits per heavy atom. The number of nitrogens with one attached hydrogen (secondary N) is 1. The summed E-state index contributed by atoms with van der Waals surface area (Å²) in [6, 6.07) is 0.616. The van der Waals surface area contributed by atoms with Crippen LogP contribution in [0.5, 0.6) is 0 Å². The summed E-state index contributed by atoms with van der Waals surface area (Å²) in [6.07, 6.45) is 12.4. The van der Waals surface area contributed by atoms with Crippen LogP contribution in [0.25, 0.3) is 0 Å². The highest BCUT2D eigenvalue weighted by Gasteiger charge is 2.18. The van der Waals surface area contributed by atoms with Crippen LogP contribution in [0.3, 0.4) is 0 Å². The summed E-state index contributed by atoms with van der Waals surface area (Å²) in [7, 11) is 2.06. The van der Waals surface area contributed by atoms with Crippen molar-refractivity contribution < 1.29 is 0 Å². The average Bonchev–Trinajstić information content (AvgIpc) is 2.58. The predicted octanol–water partition coefficient (Wildman–Crippen LogP) is 2.87. The SMILES string of the molecule is C[C@@H](NCc1nccn1C)C1CCCCCC1. The summed E-state index contributed by atoms with van der Waals surface area (Å²) in [5.74, 6) is 1.99. The third-order valence-electron chi connectivity index (χ3n) is 4.11. The molecule has 3 nitrogen and oxygen atoms in total. The summed E-state index contributed by atoms with van der Waals surface area (Å²) in [4.78, 5) is 4.35. The van der Waals surface area contributed by atoms with Gasteiger partial charge in [-0.05, 0) is 25.7 Å². The summed E-state index contributed by atoms with van der Waals surface area (Å²) >= 11 is 0. The number of hydrogen-bond acceptors (Lipinski definition) is 2. The van der Waals surface area contributed by atoms with Crippen LogP contribution in [-0.4, -0.2) is 15.6 Å². The van der Waals surface area contributed by atoms with Gasteiger partial charge in [0.15, 0.2) is 0 Å². The number of nitrogens with zero attached hydrogens (tertiary/aromatic N) is 2. The molecule has 1 aromatic rings. The van der Waals surface area contributed by atoms with Crippen molar-refractivity contribution in [3.63, 3.8) is 0 Å². The molecule has 1 saturated carbocycles. The number of hydrogen-bond donors (Lipinski definition) is 1. The molecule has 96 valence electrons. The van der Waals surface area contributed by atoms with E-state index in [9.17, 15) is 0 Å². The van der Waals surface area contributed by atoms with Crippen LogP contribution >= 0.6 is 0 Å². The van der Waals surface area contributed by atoms with Crippen molar-refractivity contribution in [2.45, 2.75) is 58.0 Å². The molecule has 0 amide bonds. The van der Waals surface area contributed by atoms with Crippen LogP contribution in [0, 0.1) is 5.92 Å². The van der Waals surface area contributed by atoms with Crippen LogP contribution in [0.1, 0.15) is 51.3 Å². The van der Waals surface area contributed by atoms with Crippen molar-refractivity contribution >= 4 is 0 Å². The van der Waals surface area contributed by atoms with Gasteiger partial charge < -0.3 is 9.88 Å². The molecule has 3 heteroatoms. The topological polar surface area (TPSA) is 29.9 Å². The van der Waals surface area contributed by atoms with Crippen molar-refractivity contribution in [3.05, 3.63) is 18.2 Å². The van der Waals surface area contributed by atoms with E-state index in [1.54, 1.807) is 0 Å². The largest absolute Gasteiger partial charge is 0.337 e. The Labute approximate surface area is 105 Å². The van der Waals surface area contributed by atoms with E-state index in [0.29, 0.717) is 6.04 Å². The lowest BCUT2D eigenvalue weighted by atomic mass is 9.93. The second-order valence-electron chi connectivity index (χ2n) is 5.38. The lowest BCUT2D eigenvalue weighted by Crippen LogP contribution is -2.33. The Hall–Kier alpha value is -0.830. The summed E-state index contributed by atoms with van der Waals surface area (Å²) in [5.41, 5.74) is 0. The number of imidazole rings is 1. The van der Waals surface area contributed by atoms with Crippen LogP contribution in [0.2, 0.25) is 0 Å². The van der Waals surface area contributed by atoms with E-state index in [1.807, 2.05) is 12.4 Å². The molecule has 1 aliphatic rings. The highest BCUT2D eigenvalue weighted by molar-refractivity contribution is 4.91. The first-order valence-electron chi connectivity index (χ1n) is 6.97. The molecule has 17 heavy (non-hydrogen) atoms. The molecule has 0 saturated heterocycles. The molecule has 0 bridgehead atoms. The van der Waals surface area contributed by atoms with Crippen LogP contribution < -0.4 is 5.32 Å². The molecule has 0 aromatic carbocycles. The Bertz CT molecular complexity index is 324. The third kappa shape index (κ3) is 3.56. The number of aromatic nitrogens is 2. The highest BCUT2D eigenvalue weighted by atomic mass is 15.1. The van der Waals surface area contributed by atoms with E-state index < -0.39 is 0 Å². The van der Waals surface area contributed by atoms with Gasteiger partial charge in [-0.15, -0.1) is 0 Å². The monoisotopic (exact) mass is 235 g/mol. The van der Waals surface area contributed by atoms with Crippen LogP contribution in [0.4, 0.5) is 0 Å². The zero-order chi connectivity index (χ0) is 12.1. The first-order valence-corrected chi connectivity index (χ1v) is 6.97. The van der Waals surface area contributed by atoms with Gasteiger partial charge in [-0.1, -0.05) is 25.7 Å². The van der Waals surface area contributed by atoms with Gasteiger partial charge in [0.25, 0.3) is 0 Å². The fraction of sp³-hybridized carbons (Fsp3) is 0.786. The molecule has 1 aromatic heterocycles. The molecule has 0 radical (unpaired) electrons. The number of aryl methyl sites for hydroxylation is 1. The van der Waals surface area contributed by atoms with Crippen molar-refractivity contribution in [2.24, 2.45) is 13.0 Å². The quantitative estimate of drug-likeness (QED) is 0.813. The van der Waals surface area contributed by atoms with E-state index in [2.05, 4.69) is 28.8 Å². The van der Waals surface area contributed by atoms with Crippen LogP contribution in [-0.2, 0) is 13.6 Å². The zero-order valence-corrected chi connectivity index (χ0v) is 11.2. The molecule has 0 unspecified atom stereocenters. The van der Waals surface area contributed by atoms with Gasteiger partial charge in [0, 0.05) is 25.5 Å². The summed E-state index contributed by atoms with van der Waals surface area (Å²) in [6.45, 7) is 3.22. The maximum absolute atomic E-state index is 4.35. The smallest absolute Gasteiger partial charge is 0.122 e. The van der Waals surface area contributed by atoms with Gasteiger partial charge in [-0.2, -0.15) is 0 Å². The lowest BCUT2D eigenvalue weighted by Gasteiger charge is -2.23. The molecule has 0 aliphatic heterocycles. The van der Waals surface area contributed by atoms with E-state index in [0.717, 1.165) is 18.3 Å². The minimum absolute atomic E-state index is 0.616. The maximum Gasteiger partial charge on any atom is 0.122 e. The second kappa shape index (κ2) is 6.20. The standard InChI is InChI=1S/C14H25N3/c1-12(13-7-5-3-4-6-8-13)16-11-14-15-9-10-17(14)2/h9-10,12-13,16H,3-8,11H2,1-2H3/t12-/m1/s1. The first kappa shape index (κ1) is 12.6. The summed E-state index contributed by atoms with van der Waals surface area (Å²) in [5, 5.41) is 3.64. The molecule has 1 heterocycles. The molecule has 1 N–H and O–H groups in total. The zero-order valence-electron chi connectivity index (χ0n) is 11.2. The Morgan fingerprint density at radius 2 is 2.06 bits per heavy atom. The van der Waals surface area contributed by atoms with Crippen molar-refractivity contribution in [2.75, 3.05) is 0 Å². The van der Waals surface area contributed by atoms with E-state index in [4.69, 9.17) is 0 Å². The molecule has 1 fully saturated rings. The second-order valence-corrected chi connectivity index (χ2v) is 5.38. The fourth-order valence-electron chi connectivity index (χ4n) is 2.80. The van der Waals surface area contributed by atoms with Gasteiger partial charge in [0.05, 0.1) is 6.54 Å². The van der Waals surface area contributed by atoms with Crippen LogP contribution in [0.15, 0.2) is 12.4 Å². The Kier molecular flexibility index (Phi) is 4.60. The fourth-order valence-corrected chi connectivity index (χ4v) is 2.80. The van der Waals surface area contributed by atoms with E-state index in [1.165, 1.54) is 38.5 Å². The Morgan fingerprint density at radius 1 is 1.35 bits per heavy atom. The van der Waals surface area contributed by atoms with E-state index in [-0.39, 0.29) is 0 Å². The molecular formula is C14H25N3. The van der Waals surface area contributed by atoms with Gasteiger partial charge in [-0.3, -0.25) is 0 Å². The molecule has 0 spiro atoms. The molecule has 1 aliphatic carbocycles. The first-order chi connectivity index (χ1) is 8.27. The average molecular weight is 235 g/mol. The minimum Gasteiger partial charge on any atom is -0.337 e. The minimum atomic E-state index is 0.616. The van der Waals surface area contributed by atoms with Gasteiger partial charge >= 0.3 is 0 Å². The normalized spacial score (nSPS) is 20.1. The molecular weight excluding hydrogens is 210 g/mol.